The Bertz CT molecular complexity index is 584. The van der Waals surface area contributed by atoms with Crippen molar-refractivity contribution in [2.75, 3.05) is 0 Å². The quantitative estimate of drug-likeness (QED) is 0.929. The van der Waals surface area contributed by atoms with E-state index in [2.05, 4.69) is 0 Å². The van der Waals surface area contributed by atoms with E-state index >= 15 is 0 Å². The van der Waals surface area contributed by atoms with Gasteiger partial charge in [-0.3, -0.25) is 0 Å². The third-order valence-electron chi connectivity index (χ3n) is 2.82. The number of hydrogen-bond acceptors (Lipinski definition) is 2. The van der Waals surface area contributed by atoms with Crippen LogP contribution in [0.2, 0.25) is 0 Å². The van der Waals surface area contributed by atoms with Crippen molar-refractivity contribution in [1.29, 1.82) is 0 Å². The summed E-state index contributed by atoms with van der Waals surface area (Å²) in [5.41, 5.74) is 6.44. The average Bonchev–Trinajstić information content (AvgIpc) is 2.39. The van der Waals surface area contributed by atoms with Crippen LogP contribution in [-0.2, 0) is 0 Å². The van der Waals surface area contributed by atoms with Gasteiger partial charge in [0.25, 0.3) is 0 Å². The highest BCUT2D eigenvalue weighted by Crippen LogP contribution is 2.27. The van der Waals surface area contributed by atoms with Crippen molar-refractivity contribution in [3.05, 3.63) is 65.5 Å². The van der Waals surface area contributed by atoms with Crippen LogP contribution in [0.5, 0.6) is 5.75 Å². The van der Waals surface area contributed by atoms with E-state index in [-0.39, 0.29) is 11.6 Å². The van der Waals surface area contributed by atoms with Gasteiger partial charge in [-0.05, 0) is 36.8 Å². The average molecular weight is 281 g/mol. The van der Waals surface area contributed by atoms with Gasteiger partial charge < -0.3 is 10.5 Å². The normalized spacial score (nSPS) is 13.8. The molecule has 0 spiro atoms. The molecule has 0 bridgehead atoms. The zero-order valence-electron chi connectivity index (χ0n) is 10.8. The Balaban J connectivity index is 2.28. The fourth-order valence-electron chi connectivity index (χ4n) is 1.84. The van der Waals surface area contributed by atoms with Gasteiger partial charge in [0.2, 0.25) is 0 Å². The molecule has 0 radical (unpaired) electrons. The largest absolute Gasteiger partial charge is 0.481 e. The first-order valence-electron chi connectivity index (χ1n) is 6.10. The molecule has 2 rings (SSSR count). The van der Waals surface area contributed by atoms with E-state index in [9.17, 15) is 13.2 Å². The van der Waals surface area contributed by atoms with Crippen LogP contribution in [0.4, 0.5) is 13.2 Å². The van der Waals surface area contributed by atoms with Crippen LogP contribution in [0.3, 0.4) is 0 Å². The minimum atomic E-state index is -0.808. The predicted molar refractivity (Wildman–Crippen MR) is 69.8 cm³/mol. The summed E-state index contributed by atoms with van der Waals surface area (Å²) in [5.74, 6) is -1.98. The maximum Gasteiger partial charge on any atom is 0.168 e. The molecule has 2 N–H and O–H groups in total. The molecule has 0 amide bonds. The number of nitrogens with two attached hydrogens (primary N) is 1. The number of benzene rings is 2. The van der Waals surface area contributed by atoms with Gasteiger partial charge in [0, 0.05) is 12.1 Å². The van der Waals surface area contributed by atoms with Crippen LogP contribution >= 0.6 is 0 Å². The number of hydrogen-bond donors (Lipinski definition) is 1. The molecule has 106 valence electrons. The third kappa shape index (κ3) is 3.30. The summed E-state index contributed by atoms with van der Waals surface area (Å²) in [6.45, 7) is 1.69. The van der Waals surface area contributed by atoms with Crippen molar-refractivity contribution in [2.24, 2.45) is 5.73 Å². The Morgan fingerprint density at radius 1 is 0.950 bits per heavy atom. The van der Waals surface area contributed by atoms with Crippen LogP contribution < -0.4 is 10.5 Å². The zero-order chi connectivity index (χ0) is 14.7. The second kappa shape index (κ2) is 5.96. The Kier molecular flexibility index (Phi) is 4.29. The molecule has 5 heteroatoms. The van der Waals surface area contributed by atoms with Crippen LogP contribution in [0.15, 0.2) is 42.5 Å². The molecule has 2 unspecified atom stereocenters. The topological polar surface area (TPSA) is 35.2 Å². The molecule has 20 heavy (non-hydrogen) atoms. The fourth-order valence-corrected chi connectivity index (χ4v) is 1.84. The van der Waals surface area contributed by atoms with E-state index in [1.165, 1.54) is 30.3 Å². The first-order chi connectivity index (χ1) is 9.47. The van der Waals surface area contributed by atoms with Crippen molar-refractivity contribution in [3.8, 4) is 5.75 Å². The molecule has 0 saturated heterocycles. The lowest BCUT2D eigenvalue weighted by atomic mass is 10.0. The van der Waals surface area contributed by atoms with Gasteiger partial charge in [0.15, 0.2) is 11.6 Å². The van der Waals surface area contributed by atoms with Crippen LogP contribution in [0, 0.1) is 17.5 Å². The molecular weight excluding hydrogens is 267 g/mol. The minimum Gasteiger partial charge on any atom is -0.481 e. The van der Waals surface area contributed by atoms with Crippen LogP contribution in [0.1, 0.15) is 18.6 Å². The van der Waals surface area contributed by atoms with E-state index in [1.54, 1.807) is 6.92 Å². The van der Waals surface area contributed by atoms with Gasteiger partial charge in [-0.25, -0.2) is 13.2 Å². The van der Waals surface area contributed by atoms with Crippen molar-refractivity contribution in [3.63, 3.8) is 0 Å². The molecule has 0 saturated carbocycles. The van der Waals surface area contributed by atoms with Gasteiger partial charge >= 0.3 is 0 Å². The molecule has 0 aromatic heterocycles. The first-order valence-corrected chi connectivity index (χ1v) is 6.10. The first kappa shape index (κ1) is 14.4. The van der Waals surface area contributed by atoms with Crippen LogP contribution in [-0.4, -0.2) is 6.04 Å². The maximum absolute atomic E-state index is 13.6. The van der Waals surface area contributed by atoms with Crippen molar-refractivity contribution < 1.29 is 17.9 Å². The fraction of sp³-hybridized carbons (Fsp3) is 0.200. The minimum absolute atomic E-state index is 0.0991. The lowest BCUT2D eigenvalue weighted by molar-refractivity contribution is 0.172. The molecular formula is C15H14F3NO. The molecule has 2 aromatic carbocycles. The second-order valence-electron chi connectivity index (χ2n) is 4.52. The highest BCUT2D eigenvalue weighted by atomic mass is 19.1. The summed E-state index contributed by atoms with van der Waals surface area (Å²) < 4.78 is 44.8. The number of ether oxygens (including phenoxy) is 1. The molecule has 2 nitrogen and oxygen atoms in total. The van der Waals surface area contributed by atoms with Crippen molar-refractivity contribution >= 4 is 0 Å². The monoisotopic (exact) mass is 281 g/mol. The highest BCUT2D eigenvalue weighted by molar-refractivity contribution is 5.27. The zero-order valence-corrected chi connectivity index (χ0v) is 10.8. The molecule has 2 aromatic rings. The maximum atomic E-state index is 13.6. The Labute approximate surface area is 115 Å². The molecule has 0 fully saturated rings. The van der Waals surface area contributed by atoms with E-state index in [0.29, 0.717) is 5.56 Å². The SMILES string of the molecule is CC(N)C(Oc1ccc(F)cc1F)c1ccc(F)cc1. The molecule has 0 aliphatic carbocycles. The Morgan fingerprint density at radius 3 is 2.10 bits per heavy atom. The molecule has 0 aliphatic rings. The van der Waals surface area contributed by atoms with E-state index in [1.807, 2.05) is 0 Å². The van der Waals surface area contributed by atoms with E-state index in [4.69, 9.17) is 10.5 Å². The lowest BCUT2D eigenvalue weighted by Gasteiger charge is -2.23. The lowest BCUT2D eigenvalue weighted by Crippen LogP contribution is -2.29. The summed E-state index contributed by atoms with van der Waals surface area (Å²) in [4.78, 5) is 0. The predicted octanol–water partition coefficient (Wildman–Crippen LogP) is 3.57. The van der Waals surface area contributed by atoms with Gasteiger partial charge in [-0.15, -0.1) is 0 Å². The standard InChI is InChI=1S/C15H14F3NO/c1-9(19)15(10-2-4-11(16)5-3-10)20-14-7-6-12(17)8-13(14)18/h2-9,15H,19H2,1H3. The molecule has 2 atom stereocenters. The van der Waals surface area contributed by atoms with Gasteiger partial charge in [-0.1, -0.05) is 12.1 Å². The Morgan fingerprint density at radius 2 is 1.55 bits per heavy atom. The summed E-state index contributed by atoms with van der Waals surface area (Å²) in [6, 6.07) is 8.16. The number of rotatable bonds is 4. The van der Waals surface area contributed by atoms with E-state index < -0.39 is 23.8 Å². The molecule has 0 aliphatic heterocycles. The third-order valence-corrected chi connectivity index (χ3v) is 2.82. The van der Waals surface area contributed by atoms with Gasteiger partial charge in [-0.2, -0.15) is 0 Å². The van der Waals surface area contributed by atoms with Crippen molar-refractivity contribution in [1.82, 2.24) is 0 Å². The van der Waals surface area contributed by atoms with E-state index in [0.717, 1.165) is 12.1 Å². The summed E-state index contributed by atoms with van der Waals surface area (Å²) in [6.07, 6.45) is -0.657. The van der Waals surface area contributed by atoms with Gasteiger partial charge in [0.1, 0.15) is 17.7 Å². The number of halogens is 3. The Hall–Kier alpha value is -2.01. The smallest absolute Gasteiger partial charge is 0.168 e. The van der Waals surface area contributed by atoms with Crippen molar-refractivity contribution in [2.45, 2.75) is 19.1 Å². The summed E-state index contributed by atoms with van der Waals surface area (Å²) in [7, 11) is 0. The van der Waals surface area contributed by atoms with Crippen LogP contribution in [0.25, 0.3) is 0 Å². The highest BCUT2D eigenvalue weighted by Gasteiger charge is 2.20. The second-order valence-corrected chi connectivity index (χ2v) is 4.52. The molecule has 0 heterocycles. The summed E-state index contributed by atoms with van der Waals surface area (Å²) >= 11 is 0. The van der Waals surface area contributed by atoms with Gasteiger partial charge in [0.05, 0.1) is 0 Å². The summed E-state index contributed by atoms with van der Waals surface area (Å²) in [5, 5.41) is 0.